The van der Waals surface area contributed by atoms with Crippen molar-refractivity contribution in [2.24, 2.45) is 0 Å². The number of aliphatic hydroxyl groups excluding tert-OH is 1. The van der Waals surface area contributed by atoms with Crippen LogP contribution in [0, 0.1) is 0 Å². The molecule has 0 aliphatic carbocycles. The van der Waals surface area contributed by atoms with Gasteiger partial charge in [0.1, 0.15) is 13.2 Å². The van der Waals surface area contributed by atoms with Crippen molar-refractivity contribution in [2.45, 2.75) is 248 Å². The third kappa shape index (κ3) is 26.9. The van der Waals surface area contributed by atoms with Crippen molar-refractivity contribution in [1.29, 1.82) is 0 Å². The highest BCUT2D eigenvalue weighted by molar-refractivity contribution is 5.06. The monoisotopic (exact) mass is 2430 g/mol. The second kappa shape index (κ2) is 39.6. The van der Waals surface area contributed by atoms with Crippen molar-refractivity contribution in [1.82, 2.24) is 0 Å². The maximum absolute atomic E-state index is 14.9. The van der Waals surface area contributed by atoms with Crippen molar-refractivity contribution >= 4 is 0 Å². The lowest BCUT2D eigenvalue weighted by molar-refractivity contribution is -0.605. The summed E-state index contributed by atoms with van der Waals surface area (Å²) >= 11 is 0. The Morgan fingerprint density at radius 1 is 0.178 bits per heavy atom. The van der Waals surface area contributed by atoms with Crippen LogP contribution in [0.3, 0.4) is 0 Å². The summed E-state index contributed by atoms with van der Waals surface area (Å²) in [5, 5.41) is 8.13. The SMILES string of the molecule is FC(C(F)(F)F)C(F)(F)OCC(F)(OC(F)(F)C(F)(OC(F)(F)C(F)(OC(F)(F)C(F)(OC(F)(F)C(F)(OC(F)(F)C(F)(OC(F)(F)C(F)(F)C(F)(F)F)C(F)(F)F)C(F)(F)F)C(F)(F)F)C(F)(F)F)C(F)(F)F)C(F)(F)F.FC(F)=C(F)C(F)(F)F.OCC(F)(OC(F)(F)C(F)(OC(F)(F)C(F)(OC(F)(F)C(F)(OC(F)(F)C(F)(OC(F)(F)C(F)(F)C(F)(F)F)C(F)(F)F)C(F)(F)F)C(F)(F)F)C(F)(F)F)C(F)(F)F. The van der Waals surface area contributed by atoms with Crippen molar-refractivity contribution in [3.05, 3.63) is 11.9 Å². The summed E-state index contributed by atoms with van der Waals surface area (Å²) in [7, 11) is 0. The van der Waals surface area contributed by atoms with Gasteiger partial charge in [0.2, 0.25) is 0 Å². The van der Waals surface area contributed by atoms with Crippen LogP contribution in [0.4, 0.5) is 386 Å². The van der Waals surface area contributed by atoms with E-state index in [1.807, 2.05) is 4.74 Å². The standard InChI is InChI=1S/C24H3F47O7.C18H3F35O6.C3F6/c25-2(4(27,28)29)5(30,31)72-1-3(26,12(39,40)41)73-20(62,63)7(34,14(45,46)47)75-22(66,67)9(36,16(51,52)53)77-24(70,71)11(38,18(57,58)59)78-23(68,69)10(37,17(54,55)56)76-21(64,65)8(35,15(48,49)50)74-19(60,61)6(32,33)13(42,43)44;19-2(1-54,8(26,27)28)55-15(46,47)4(22,10(32,33)34)57-17(50,51)6(24,12(38,39)40)59-18(52,53)7(25,13(41,42)43)58-16(48,49)5(23,11(35,36)37)56-14(44,45)3(20,21)9(29,30)31;4-1(2(5)6)3(7,8)9/h2H,1H2;54H,1H2;. The molecule has 880 valence electrons. The lowest BCUT2D eigenvalue weighted by Gasteiger charge is -2.45. The Morgan fingerprint density at radius 2 is 0.315 bits per heavy atom. The fraction of sp³-hybridized carbons (Fsp3) is 0.956. The van der Waals surface area contributed by atoms with Gasteiger partial charge >= 0.3 is 248 Å². The van der Waals surface area contributed by atoms with Crippen molar-refractivity contribution in [2.75, 3.05) is 13.2 Å². The normalized spacial score (nSPS) is 20.4. The lowest BCUT2D eigenvalue weighted by Crippen LogP contribution is -2.73. The van der Waals surface area contributed by atoms with Crippen LogP contribution in [0.5, 0.6) is 0 Å². The van der Waals surface area contributed by atoms with E-state index in [1.165, 1.54) is 9.47 Å². The second-order valence-corrected chi connectivity index (χ2v) is 24.2. The second-order valence-electron chi connectivity index (χ2n) is 24.2. The predicted octanol–water partition coefficient (Wildman–Crippen LogP) is 27.7. The minimum absolute atomic E-state index is 0.510. The van der Waals surface area contributed by atoms with E-state index in [1.54, 1.807) is 0 Å². The molecule has 0 aromatic rings. The maximum Gasteiger partial charge on any atom is 0.462 e. The molecule has 1 N–H and O–H groups in total. The van der Waals surface area contributed by atoms with Gasteiger partial charge in [-0.2, -0.15) is 382 Å². The summed E-state index contributed by atoms with van der Waals surface area (Å²) < 4.78 is 1180. The highest BCUT2D eigenvalue weighted by Crippen LogP contribution is 2.68. The summed E-state index contributed by atoms with van der Waals surface area (Å²) in [4.78, 5) is 0. The molecule has 0 radical (unpaired) electrons. The van der Waals surface area contributed by atoms with Crippen molar-refractivity contribution in [3.8, 4) is 0 Å². The van der Waals surface area contributed by atoms with Crippen LogP contribution in [0.15, 0.2) is 11.9 Å². The van der Waals surface area contributed by atoms with Crippen LogP contribution in [-0.2, 0) is 56.8 Å². The predicted molar refractivity (Wildman–Crippen MR) is 243 cm³/mol. The molecule has 0 amide bonds. The van der Waals surface area contributed by atoms with E-state index in [0.717, 1.165) is 9.47 Å². The molecule has 0 heterocycles. The number of ether oxygens (including phenoxy) is 12. The number of halogens is 88. The smallest absolute Gasteiger partial charge is 0.390 e. The van der Waals surface area contributed by atoms with Gasteiger partial charge in [0.05, 0.1) is 0 Å². The van der Waals surface area contributed by atoms with Crippen molar-refractivity contribution in [3.63, 3.8) is 0 Å². The fourth-order valence-electron chi connectivity index (χ4n) is 6.49. The molecular weight excluding hydrogens is 2420 g/mol. The zero-order chi connectivity index (χ0) is 121. The first-order valence-electron chi connectivity index (χ1n) is 29.7. The van der Waals surface area contributed by atoms with E-state index >= 15 is 0 Å². The summed E-state index contributed by atoms with van der Waals surface area (Å²) in [6.45, 7) is -8.83. The highest BCUT2D eigenvalue weighted by atomic mass is 19.5. The zero-order valence-corrected chi connectivity index (χ0v) is 61.6. The van der Waals surface area contributed by atoms with Crippen LogP contribution in [0.1, 0.15) is 0 Å². The zero-order valence-electron chi connectivity index (χ0n) is 61.6. The minimum Gasteiger partial charge on any atom is -0.390 e. The van der Waals surface area contributed by atoms with E-state index < -0.39 is 273 Å². The Balaban J connectivity index is -0.00000266. The molecule has 0 saturated carbocycles. The molecule has 12 unspecified atom stereocenters. The summed E-state index contributed by atoms with van der Waals surface area (Å²) in [5.41, 5.74) is 0. The van der Waals surface area contributed by atoms with E-state index in [0.29, 0.717) is 33.2 Å². The molecule has 146 heavy (non-hydrogen) atoms. The molecule has 0 rings (SSSR count). The quantitative estimate of drug-likeness (QED) is 0.0589. The summed E-state index contributed by atoms with van der Waals surface area (Å²) in [5.74, 6) is -122. The Bertz CT molecular complexity index is 4300. The Morgan fingerprint density at radius 3 is 0.418 bits per heavy atom. The molecule has 0 aliphatic heterocycles. The van der Waals surface area contributed by atoms with Gasteiger partial charge in [0.15, 0.2) is 0 Å². The first kappa shape index (κ1) is 143. The van der Waals surface area contributed by atoms with E-state index in [2.05, 4.69) is 0 Å². The summed E-state index contributed by atoms with van der Waals surface area (Å²) in [6.07, 6.45) is -248. The van der Waals surface area contributed by atoms with E-state index in [-0.39, 0.29) is 0 Å². The van der Waals surface area contributed by atoms with Gasteiger partial charge in [-0.25, -0.2) is 4.39 Å². The molecular formula is C45H6F88O13. The average molecular weight is 2430 g/mol. The van der Waals surface area contributed by atoms with Gasteiger partial charge in [-0.15, -0.1) is 0 Å². The third-order valence-corrected chi connectivity index (χ3v) is 13.6. The number of allylic oxidation sites excluding steroid dienone is 1. The molecule has 0 saturated heterocycles. The van der Waals surface area contributed by atoms with Crippen LogP contribution in [0.2, 0.25) is 0 Å². The number of alkyl halides is 85. The highest BCUT2D eigenvalue weighted by Gasteiger charge is 2.96. The lowest BCUT2D eigenvalue weighted by atomic mass is 10.2. The number of rotatable bonds is 38. The van der Waals surface area contributed by atoms with Crippen LogP contribution >= 0.6 is 0 Å². The van der Waals surface area contributed by atoms with Crippen LogP contribution < -0.4 is 0 Å². The van der Waals surface area contributed by atoms with Gasteiger partial charge in [-0.3, -0.25) is 52.1 Å². The first-order valence-corrected chi connectivity index (χ1v) is 29.7. The largest absolute Gasteiger partial charge is 0.462 e. The number of aliphatic hydroxyl groups is 1. The van der Waals surface area contributed by atoms with Crippen LogP contribution in [0.25, 0.3) is 0 Å². The Kier molecular flexibility index (Phi) is 38.8. The van der Waals surface area contributed by atoms with Gasteiger partial charge in [-0.1, -0.05) is 0 Å². The van der Waals surface area contributed by atoms with Gasteiger partial charge in [-0.05, 0) is 0 Å². The van der Waals surface area contributed by atoms with Crippen LogP contribution in [-0.4, -0.2) is 267 Å². The molecule has 0 bridgehead atoms. The molecule has 0 aliphatic rings. The topological polar surface area (TPSA) is 131 Å². The third-order valence-electron chi connectivity index (χ3n) is 13.6. The summed E-state index contributed by atoms with van der Waals surface area (Å²) in [6, 6.07) is 0. The average Bonchev–Trinajstić information content (AvgIpc) is 0.712. The molecule has 0 aromatic carbocycles. The molecule has 0 spiro atoms. The Hall–Kier alpha value is -6.94. The van der Waals surface area contributed by atoms with Gasteiger partial charge < -0.3 is 9.84 Å². The maximum atomic E-state index is 14.9. The molecule has 0 fully saturated rings. The van der Waals surface area contributed by atoms with Crippen molar-refractivity contribution < 1.29 is 448 Å². The van der Waals surface area contributed by atoms with E-state index in [4.69, 9.17) is 5.11 Å². The molecule has 13 nitrogen and oxygen atoms in total. The Labute approximate surface area is 723 Å². The minimum atomic E-state index is -10.0. The first-order chi connectivity index (χ1) is 61.6. The number of hydrogen-bond acceptors (Lipinski definition) is 13. The molecule has 101 heteroatoms. The van der Waals surface area contributed by atoms with Gasteiger partial charge in [0.25, 0.3) is 12.0 Å². The fourth-order valence-corrected chi connectivity index (χ4v) is 6.49. The molecule has 0 aromatic heterocycles. The van der Waals surface area contributed by atoms with E-state index in [9.17, 15) is 386 Å². The number of hydrogen-bond donors (Lipinski definition) is 1. The van der Waals surface area contributed by atoms with Gasteiger partial charge in [0, 0.05) is 0 Å². The molecule has 12 atom stereocenters.